The normalized spacial score (nSPS) is 12.1. The van der Waals surface area contributed by atoms with Gasteiger partial charge in [-0.1, -0.05) is 75.2 Å². The first-order valence-electron chi connectivity index (χ1n) is 9.07. The average Bonchev–Trinajstić information content (AvgIpc) is 2.64. The third-order valence-electron chi connectivity index (χ3n) is 4.48. The molecule has 0 aliphatic heterocycles. The topological polar surface area (TPSA) is 37.3 Å². The molecule has 0 saturated heterocycles. The Labute approximate surface area is 145 Å². The Morgan fingerprint density at radius 2 is 1.58 bits per heavy atom. The second-order valence-corrected chi connectivity index (χ2v) is 6.33. The largest absolute Gasteiger partial charge is 0.380 e. The van der Waals surface area contributed by atoms with Crippen LogP contribution in [0.4, 0.5) is 0 Å². The van der Waals surface area contributed by atoms with Crippen molar-refractivity contribution in [1.29, 1.82) is 0 Å². The van der Waals surface area contributed by atoms with E-state index in [4.69, 9.17) is 0 Å². The Hall–Kier alpha value is -1.93. The van der Waals surface area contributed by atoms with E-state index in [-0.39, 0.29) is 5.78 Å². The Bertz CT molecular complexity index is 646. The van der Waals surface area contributed by atoms with E-state index in [2.05, 4.69) is 19.9 Å². The quantitative estimate of drug-likeness (QED) is 0.636. The molecule has 0 aromatic heterocycles. The molecule has 2 rings (SSSR count). The van der Waals surface area contributed by atoms with E-state index in [1.807, 2.05) is 30.3 Å². The molecule has 2 nitrogen and oxygen atoms in total. The van der Waals surface area contributed by atoms with Crippen LogP contribution in [0.2, 0.25) is 0 Å². The van der Waals surface area contributed by atoms with Crippen LogP contribution in [0.5, 0.6) is 0 Å². The number of rotatable bonds is 9. The van der Waals surface area contributed by atoms with Crippen molar-refractivity contribution in [3.8, 4) is 0 Å². The molecule has 0 bridgehead atoms. The highest BCUT2D eigenvalue weighted by atomic mass is 16.3. The number of hydrogen-bond donors (Lipinski definition) is 1. The van der Waals surface area contributed by atoms with E-state index in [0.29, 0.717) is 11.1 Å². The highest BCUT2D eigenvalue weighted by Crippen LogP contribution is 2.25. The van der Waals surface area contributed by atoms with Crippen molar-refractivity contribution in [2.75, 3.05) is 0 Å². The lowest BCUT2D eigenvalue weighted by molar-refractivity contribution is 0.0746. The van der Waals surface area contributed by atoms with Crippen LogP contribution >= 0.6 is 0 Å². The Balaban J connectivity index is 2.34. The number of aliphatic hydroxyl groups excluding tert-OH is 1. The average molecular weight is 324 g/mol. The van der Waals surface area contributed by atoms with Crippen molar-refractivity contribution in [1.82, 2.24) is 0 Å². The fourth-order valence-corrected chi connectivity index (χ4v) is 3.05. The summed E-state index contributed by atoms with van der Waals surface area (Å²) in [5.74, 6) is -0.189. The molecule has 0 heterocycles. The fourth-order valence-electron chi connectivity index (χ4n) is 3.05. The predicted molar refractivity (Wildman–Crippen MR) is 99.4 cm³/mol. The van der Waals surface area contributed by atoms with Crippen molar-refractivity contribution in [2.45, 2.75) is 58.5 Å². The van der Waals surface area contributed by atoms with Gasteiger partial charge in [0.15, 0.2) is 5.78 Å². The molecular weight excluding hydrogens is 296 g/mol. The summed E-state index contributed by atoms with van der Waals surface area (Å²) >= 11 is 0. The summed E-state index contributed by atoms with van der Waals surface area (Å²) in [6, 6.07) is 15.1. The van der Waals surface area contributed by atoms with E-state index < -0.39 is 6.10 Å². The van der Waals surface area contributed by atoms with E-state index in [1.165, 1.54) is 5.56 Å². The van der Waals surface area contributed by atoms with Crippen LogP contribution in [0.1, 0.15) is 72.7 Å². The minimum absolute atomic E-state index is 0.189. The Morgan fingerprint density at radius 3 is 2.25 bits per heavy atom. The molecule has 1 N–H and O–H groups in total. The highest BCUT2D eigenvalue weighted by Gasteiger charge is 2.22. The standard InChI is InChI=1S/C22H28O2/c1-3-5-11-17-14-10-16-20(19(17)15-6-4-2)22(24)21(23)18-12-8-7-9-13-18/h7-10,12-14,16,21,23H,3-6,11,15H2,1-2H3. The molecule has 0 aliphatic rings. The van der Waals surface area contributed by atoms with Crippen molar-refractivity contribution >= 4 is 5.78 Å². The van der Waals surface area contributed by atoms with E-state index in [1.54, 1.807) is 12.1 Å². The van der Waals surface area contributed by atoms with E-state index >= 15 is 0 Å². The molecule has 2 aromatic rings. The first-order chi connectivity index (χ1) is 11.7. The van der Waals surface area contributed by atoms with Crippen LogP contribution in [-0.2, 0) is 12.8 Å². The van der Waals surface area contributed by atoms with Gasteiger partial charge in [-0.3, -0.25) is 4.79 Å². The van der Waals surface area contributed by atoms with E-state index in [9.17, 15) is 9.90 Å². The van der Waals surface area contributed by atoms with Gasteiger partial charge in [-0.25, -0.2) is 0 Å². The number of benzene rings is 2. The summed E-state index contributed by atoms with van der Waals surface area (Å²) in [6.45, 7) is 4.34. The van der Waals surface area contributed by atoms with Crippen molar-refractivity contribution in [3.05, 3.63) is 70.8 Å². The monoisotopic (exact) mass is 324 g/mol. The number of aryl methyl sites for hydroxylation is 1. The molecule has 2 heteroatoms. The van der Waals surface area contributed by atoms with Gasteiger partial charge in [0.1, 0.15) is 6.10 Å². The number of hydrogen-bond acceptors (Lipinski definition) is 2. The Morgan fingerprint density at radius 1 is 0.917 bits per heavy atom. The van der Waals surface area contributed by atoms with Gasteiger partial charge in [0.05, 0.1) is 0 Å². The molecular formula is C22H28O2. The lowest BCUT2D eigenvalue weighted by atomic mass is 9.89. The van der Waals surface area contributed by atoms with Gasteiger partial charge in [-0.15, -0.1) is 0 Å². The molecule has 0 saturated carbocycles. The van der Waals surface area contributed by atoms with Crippen molar-refractivity contribution < 1.29 is 9.90 Å². The molecule has 0 fully saturated rings. The molecule has 128 valence electrons. The van der Waals surface area contributed by atoms with Crippen LogP contribution < -0.4 is 0 Å². The summed E-state index contributed by atoms with van der Waals surface area (Å²) in [5, 5.41) is 10.5. The molecule has 1 atom stereocenters. The first kappa shape index (κ1) is 18.4. The second kappa shape index (κ2) is 9.39. The highest BCUT2D eigenvalue weighted by molar-refractivity contribution is 6.01. The zero-order valence-electron chi connectivity index (χ0n) is 14.8. The fraction of sp³-hybridized carbons (Fsp3) is 0.409. The SMILES string of the molecule is CCCCc1cccc(C(=O)C(O)c2ccccc2)c1CCCC. The maximum atomic E-state index is 12.9. The summed E-state index contributed by atoms with van der Waals surface area (Å²) in [6.07, 6.45) is 5.22. The van der Waals surface area contributed by atoms with Gasteiger partial charge in [0.2, 0.25) is 0 Å². The van der Waals surface area contributed by atoms with Crippen LogP contribution in [0.3, 0.4) is 0 Å². The summed E-state index contributed by atoms with van der Waals surface area (Å²) in [5.41, 5.74) is 3.74. The summed E-state index contributed by atoms with van der Waals surface area (Å²) in [7, 11) is 0. The second-order valence-electron chi connectivity index (χ2n) is 6.33. The molecule has 1 unspecified atom stereocenters. The number of carbonyl (C=O) groups is 1. The number of unbranched alkanes of at least 4 members (excludes halogenated alkanes) is 2. The van der Waals surface area contributed by atoms with E-state index in [0.717, 1.165) is 44.1 Å². The zero-order valence-corrected chi connectivity index (χ0v) is 14.8. The summed E-state index contributed by atoms with van der Waals surface area (Å²) in [4.78, 5) is 12.9. The maximum absolute atomic E-state index is 12.9. The van der Waals surface area contributed by atoms with Crippen LogP contribution in [0.15, 0.2) is 48.5 Å². The van der Waals surface area contributed by atoms with Crippen molar-refractivity contribution in [3.63, 3.8) is 0 Å². The molecule has 0 radical (unpaired) electrons. The number of Topliss-reactive ketones (excluding diaryl/α,β-unsaturated/α-hetero) is 1. The van der Waals surface area contributed by atoms with Gasteiger partial charge in [-0.05, 0) is 42.4 Å². The lowest BCUT2D eigenvalue weighted by Gasteiger charge is -2.17. The Kier molecular flexibility index (Phi) is 7.20. The molecule has 0 spiro atoms. The number of ketones is 1. The molecule has 2 aromatic carbocycles. The zero-order chi connectivity index (χ0) is 17.4. The van der Waals surface area contributed by atoms with Gasteiger partial charge < -0.3 is 5.11 Å². The summed E-state index contributed by atoms with van der Waals surface area (Å²) < 4.78 is 0. The third-order valence-corrected chi connectivity index (χ3v) is 4.48. The van der Waals surface area contributed by atoms with Crippen LogP contribution in [-0.4, -0.2) is 10.9 Å². The molecule has 0 aliphatic carbocycles. The minimum Gasteiger partial charge on any atom is -0.380 e. The predicted octanol–water partition coefficient (Wildman–Crippen LogP) is 5.29. The van der Waals surface area contributed by atoms with Gasteiger partial charge >= 0.3 is 0 Å². The lowest BCUT2D eigenvalue weighted by Crippen LogP contribution is -2.15. The van der Waals surface area contributed by atoms with Crippen LogP contribution in [0, 0.1) is 0 Å². The minimum atomic E-state index is -1.09. The smallest absolute Gasteiger partial charge is 0.196 e. The van der Waals surface area contributed by atoms with Crippen molar-refractivity contribution in [2.24, 2.45) is 0 Å². The number of carbonyl (C=O) groups excluding carboxylic acids is 1. The van der Waals surface area contributed by atoms with Gasteiger partial charge in [0, 0.05) is 5.56 Å². The molecule has 0 amide bonds. The van der Waals surface area contributed by atoms with Gasteiger partial charge in [0.25, 0.3) is 0 Å². The third kappa shape index (κ3) is 4.55. The maximum Gasteiger partial charge on any atom is 0.196 e. The number of aliphatic hydroxyl groups is 1. The molecule has 24 heavy (non-hydrogen) atoms. The van der Waals surface area contributed by atoms with Gasteiger partial charge in [-0.2, -0.15) is 0 Å². The first-order valence-corrected chi connectivity index (χ1v) is 9.07. The van der Waals surface area contributed by atoms with Crippen LogP contribution in [0.25, 0.3) is 0 Å².